The first-order valence-corrected chi connectivity index (χ1v) is 5.47. The first-order valence-electron chi connectivity index (χ1n) is 5.47. The van der Waals surface area contributed by atoms with Crippen LogP contribution in [0.3, 0.4) is 0 Å². The Balaban J connectivity index is 2.66. The fourth-order valence-electron chi connectivity index (χ4n) is 1.39. The Bertz CT molecular complexity index is 460. The molecule has 19 heavy (non-hydrogen) atoms. The maximum atomic E-state index is 10.4. The molecule has 1 rings (SSSR count). The Morgan fingerprint density at radius 1 is 1.21 bits per heavy atom. The van der Waals surface area contributed by atoms with E-state index in [0.29, 0.717) is 18.0 Å². The second-order valence-electron chi connectivity index (χ2n) is 3.66. The van der Waals surface area contributed by atoms with E-state index < -0.39 is 18.5 Å². The molecule has 104 valence electrons. The van der Waals surface area contributed by atoms with Gasteiger partial charge in [0.25, 0.3) is 0 Å². The monoisotopic (exact) mass is 269 g/mol. The molecule has 7 nitrogen and oxygen atoms in total. The third-order valence-corrected chi connectivity index (χ3v) is 2.18. The van der Waals surface area contributed by atoms with Gasteiger partial charge in [-0.25, -0.2) is 4.79 Å². The van der Waals surface area contributed by atoms with Crippen molar-refractivity contribution in [2.75, 3.05) is 20.3 Å². The van der Waals surface area contributed by atoms with E-state index in [2.05, 4.69) is 5.32 Å². The Labute approximate surface area is 109 Å². The molecule has 0 atom stereocenters. The maximum Gasteiger partial charge on any atom is 0.341 e. The summed E-state index contributed by atoms with van der Waals surface area (Å²) in [6, 6.07) is 4.94. The van der Waals surface area contributed by atoms with Gasteiger partial charge in [-0.1, -0.05) is 6.07 Å². The van der Waals surface area contributed by atoms with Crippen molar-refractivity contribution in [2.45, 2.75) is 6.54 Å². The van der Waals surface area contributed by atoms with Crippen LogP contribution in [0.25, 0.3) is 0 Å². The predicted octanol–water partition coefficient (Wildman–Crippen LogP) is 0.333. The summed E-state index contributed by atoms with van der Waals surface area (Å²) in [5.74, 6) is -1.29. The summed E-state index contributed by atoms with van der Waals surface area (Å²) in [4.78, 5) is 20.8. The summed E-state index contributed by atoms with van der Waals surface area (Å²) in [6.45, 7) is -0.228. The number of ether oxygens (including phenoxy) is 2. The molecule has 0 saturated carbocycles. The highest BCUT2D eigenvalue weighted by Gasteiger charge is 2.08. The average Bonchev–Trinajstić information content (AvgIpc) is 2.36. The number of hydrogen-bond donors (Lipinski definition) is 3. The molecule has 1 aromatic carbocycles. The number of carbonyl (C=O) groups is 2. The molecule has 0 spiro atoms. The molecule has 7 heteroatoms. The van der Waals surface area contributed by atoms with E-state index in [1.54, 1.807) is 18.2 Å². The van der Waals surface area contributed by atoms with Gasteiger partial charge in [-0.2, -0.15) is 0 Å². The number of carboxylic acid groups (broad SMARTS) is 2. The van der Waals surface area contributed by atoms with Crippen molar-refractivity contribution >= 4 is 11.9 Å². The zero-order valence-corrected chi connectivity index (χ0v) is 10.4. The number of benzene rings is 1. The van der Waals surface area contributed by atoms with Crippen LogP contribution in [0.4, 0.5) is 0 Å². The van der Waals surface area contributed by atoms with Crippen LogP contribution in [0.15, 0.2) is 18.2 Å². The molecule has 0 unspecified atom stereocenters. The Morgan fingerprint density at radius 3 is 2.53 bits per heavy atom. The molecule has 0 radical (unpaired) electrons. The summed E-state index contributed by atoms with van der Waals surface area (Å²) >= 11 is 0. The molecular weight excluding hydrogens is 254 g/mol. The molecule has 0 aliphatic carbocycles. The molecule has 0 aliphatic heterocycles. The number of nitrogens with one attached hydrogen (secondary N) is 1. The zero-order valence-electron chi connectivity index (χ0n) is 10.4. The number of rotatable bonds is 8. The minimum Gasteiger partial charge on any atom is -0.493 e. The van der Waals surface area contributed by atoms with Gasteiger partial charge >= 0.3 is 11.9 Å². The minimum atomic E-state index is -1.07. The van der Waals surface area contributed by atoms with Gasteiger partial charge in [0, 0.05) is 6.54 Å². The lowest BCUT2D eigenvalue weighted by molar-refractivity contribution is -0.139. The number of methoxy groups -OCH3 is 1. The molecule has 0 fully saturated rings. The summed E-state index contributed by atoms with van der Waals surface area (Å²) in [5.41, 5.74) is 0.806. The highest BCUT2D eigenvalue weighted by Crippen LogP contribution is 2.27. The van der Waals surface area contributed by atoms with E-state index in [4.69, 9.17) is 19.7 Å². The van der Waals surface area contributed by atoms with Crippen LogP contribution in [-0.2, 0) is 16.1 Å². The molecule has 0 saturated heterocycles. The Kier molecular flexibility index (Phi) is 5.62. The molecule has 0 amide bonds. The summed E-state index contributed by atoms with van der Waals surface area (Å²) in [5, 5.41) is 19.8. The van der Waals surface area contributed by atoms with Crippen molar-refractivity contribution in [1.82, 2.24) is 5.32 Å². The fraction of sp³-hybridized carbons (Fsp3) is 0.333. The van der Waals surface area contributed by atoms with Gasteiger partial charge in [0.15, 0.2) is 18.1 Å². The van der Waals surface area contributed by atoms with Crippen molar-refractivity contribution < 1.29 is 29.3 Å². The van der Waals surface area contributed by atoms with E-state index in [1.165, 1.54) is 7.11 Å². The molecule has 0 aromatic heterocycles. The second-order valence-corrected chi connectivity index (χ2v) is 3.66. The van der Waals surface area contributed by atoms with Crippen molar-refractivity contribution in [1.29, 1.82) is 0 Å². The van der Waals surface area contributed by atoms with E-state index in [-0.39, 0.29) is 6.54 Å². The van der Waals surface area contributed by atoms with Crippen LogP contribution < -0.4 is 14.8 Å². The highest BCUT2D eigenvalue weighted by molar-refractivity contribution is 5.69. The van der Waals surface area contributed by atoms with Crippen molar-refractivity contribution in [3.63, 3.8) is 0 Å². The summed E-state index contributed by atoms with van der Waals surface area (Å²) < 4.78 is 10.1. The van der Waals surface area contributed by atoms with Crippen molar-refractivity contribution in [3.05, 3.63) is 23.8 Å². The quantitative estimate of drug-likeness (QED) is 0.624. The smallest absolute Gasteiger partial charge is 0.341 e. The molecule has 3 N–H and O–H groups in total. The second kappa shape index (κ2) is 7.22. The standard InChI is InChI=1S/C12H15NO6/c1-18-10-4-8(5-13-6-11(14)15)2-3-9(10)19-7-12(16)17/h2-4,13H,5-7H2,1H3,(H,14,15)(H,16,17). The summed E-state index contributed by atoms with van der Waals surface area (Å²) in [7, 11) is 1.44. The predicted molar refractivity (Wildman–Crippen MR) is 65.5 cm³/mol. The molecule has 0 heterocycles. The van der Waals surface area contributed by atoms with E-state index >= 15 is 0 Å². The van der Waals surface area contributed by atoms with Gasteiger partial charge in [-0.3, -0.25) is 4.79 Å². The van der Waals surface area contributed by atoms with Gasteiger partial charge < -0.3 is 25.0 Å². The normalized spacial score (nSPS) is 9.95. The summed E-state index contributed by atoms with van der Waals surface area (Å²) in [6.07, 6.45) is 0. The third kappa shape index (κ3) is 5.26. The van der Waals surface area contributed by atoms with Crippen LogP contribution in [-0.4, -0.2) is 42.4 Å². The van der Waals surface area contributed by atoms with Crippen molar-refractivity contribution in [3.8, 4) is 11.5 Å². The molecule has 0 bridgehead atoms. The first kappa shape index (κ1) is 14.8. The van der Waals surface area contributed by atoms with Gasteiger partial charge in [-0.05, 0) is 17.7 Å². The van der Waals surface area contributed by atoms with E-state index in [0.717, 1.165) is 5.56 Å². The number of hydrogen-bond acceptors (Lipinski definition) is 5. The topological polar surface area (TPSA) is 105 Å². The van der Waals surface area contributed by atoms with Crippen LogP contribution in [0.1, 0.15) is 5.56 Å². The van der Waals surface area contributed by atoms with Crippen LogP contribution in [0.5, 0.6) is 11.5 Å². The Hall–Kier alpha value is -2.28. The molecule has 0 aliphatic rings. The lowest BCUT2D eigenvalue weighted by atomic mass is 10.2. The number of aliphatic carboxylic acids is 2. The molecule has 1 aromatic rings. The average molecular weight is 269 g/mol. The Morgan fingerprint density at radius 2 is 1.95 bits per heavy atom. The number of carboxylic acids is 2. The lowest BCUT2D eigenvalue weighted by Crippen LogP contribution is -2.21. The van der Waals surface area contributed by atoms with E-state index in [1.807, 2.05) is 0 Å². The van der Waals surface area contributed by atoms with Crippen LogP contribution in [0, 0.1) is 0 Å². The molecular formula is C12H15NO6. The third-order valence-electron chi connectivity index (χ3n) is 2.18. The zero-order chi connectivity index (χ0) is 14.3. The van der Waals surface area contributed by atoms with Gasteiger partial charge in [0.1, 0.15) is 0 Å². The van der Waals surface area contributed by atoms with Crippen molar-refractivity contribution in [2.24, 2.45) is 0 Å². The lowest BCUT2D eigenvalue weighted by Gasteiger charge is -2.11. The highest BCUT2D eigenvalue weighted by atomic mass is 16.5. The van der Waals surface area contributed by atoms with Crippen LogP contribution >= 0.6 is 0 Å². The minimum absolute atomic E-state index is 0.139. The van der Waals surface area contributed by atoms with Gasteiger partial charge in [-0.15, -0.1) is 0 Å². The maximum absolute atomic E-state index is 10.4. The van der Waals surface area contributed by atoms with Crippen LogP contribution in [0.2, 0.25) is 0 Å². The first-order chi connectivity index (χ1) is 9.02. The fourth-order valence-corrected chi connectivity index (χ4v) is 1.39. The van der Waals surface area contributed by atoms with E-state index in [9.17, 15) is 9.59 Å². The SMILES string of the molecule is COc1cc(CNCC(=O)O)ccc1OCC(=O)O. The van der Waals surface area contributed by atoms with Gasteiger partial charge in [0.05, 0.1) is 13.7 Å². The largest absolute Gasteiger partial charge is 0.493 e. The van der Waals surface area contributed by atoms with Gasteiger partial charge in [0.2, 0.25) is 0 Å².